The zero-order valence-corrected chi connectivity index (χ0v) is 23.5. The van der Waals surface area contributed by atoms with Gasteiger partial charge in [-0.25, -0.2) is 12.8 Å². The average Bonchev–Trinajstić information content (AvgIpc) is 3.26. The van der Waals surface area contributed by atoms with Gasteiger partial charge in [-0.1, -0.05) is 42.5 Å². The number of anilines is 1. The van der Waals surface area contributed by atoms with E-state index in [-0.39, 0.29) is 34.0 Å². The zero-order valence-electron chi connectivity index (χ0n) is 21.9. The Morgan fingerprint density at radius 3 is 2.37 bits per heavy atom. The van der Waals surface area contributed by atoms with Crippen LogP contribution in [0.3, 0.4) is 0 Å². The molecule has 41 heavy (non-hydrogen) atoms. The topological polar surface area (TPSA) is 107 Å². The SMILES string of the molecule is O=C(NCCN1C(=O)S/C(=C\c2ccccc2F)C1=O)c1cccc(S(=O)(=O)N2CCN(c3ccccc3)CC2)c1. The minimum atomic E-state index is -3.81. The first-order valence-corrected chi connectivity index (χ1v) is 15.2. The van der Waals surface area contributed by atoms with Gasteiger partial charge in [-0.05, 0) is 54.2 Å². The van der Waals surface area contributed by atoms with Crippen LogP contribution < -0.4 is 10.2 Å². The number of nitrogens with zero attached hydrogens (tertiary/aromatic N) is 3. The molecule has 3 aromatic carbocycles. The molecule has 0 unspecified atom stereocenters. The molecule has 12 heteroatoms. The van der Waals surface area contributed by atoms with Crippen molar-refractivity contribution in [3.63, 3.8) is 0 Å². The van der Waals surface area contributed by atoms with E-state index >= 15 is 0 Å². The van der Waals surface area contributed by atoms with Gasteiger partial charge in [0.2, 0.25) is 10.0 Å². The second-order valence-electron chi connectivity index (χ2n) is 9.37. The van der Waals surface area contributed by atoms with Gasteiger partial charge in [-0.3, -0.25) is 19.3 Å². The van der Waals surface area contributed by atoms with Crippen LogP contribution in [-0.2, 0) is 14.8 Å². The molecule has 2 saturated heterocycles. The number of carbonyl (C=O) groups excluding carboxylic acids is 3. The Labute approximate surface area is 241 Å². The molecule has 2 aliphatic heterocycles. The van der Waals surface area contributed by atoms with Gasteiger partial charge in [0.15, 0.2) is 0 Å². The third-order valence-corrected chi connectivity index (χ3v) is 9.58. The van der Waals surface area contributed by atoms with E-state index < -0.39 is 32.9 Å². The summed E-state index contributed by atoms with van der Waals surface area (Å²) in [4.78, 5) is 41.1. The lowest BCUT2D eigenvalue weighted by Crippen LogP contribution is -2.48. The number of thioether (sulfide) groups is 1. The number of hydrogen-bond donors (Lipinski definition) is 1. The van der Waals surface area contributed by atoms with Gasteiger partial charge in [0.1, 0.15) is 5.82 Å². The van der Waals surface area contributed by atoms with Crippen LogP contribution in [0.25, 0.3) is 6.08 Å². The number of nitrogens with one attached hydrogen (secondary N) is 1. The molecular weight excluding hydrogens is 567 g/mol. The Kier molecular flexibility index (Phi) is 8.52. The smallest absolute Gasteiger partial charge is 0.293 e. The first-order chi connectivity index (χ1) is 19.7. The number of carbonyl (C=O) groups is 3. The number of rotatable bonds is 8. The Hall–Kier alpha value is -4.00. The molecule has 0 saturated carbocycles. The van der Waals surface area contributed by atoms with Gasteiger partial charge in [0.05, 0.1) is 9.80 Å². The van der Waals surface area contributed by atoms with E-state index in [0.29, 0.717) is 37.9 Å². The number of piperazine rings is 1. The van der Waals surface area contributed by atoms with Crippen LogP contribution in [0.15, 0.2) is 88.7 Å². The third-order valence-electron chi connectivity index (χ3n) is 6.78. The maximum absolute atomic E-state index is 14.0. The lowest BCUT2D eigenvalue weighted by Gasteiger charge is -2.35. The summed E-state index contributed by atoms with van der Waals surface area (Å²) >= 11 is 0.702. The molecule has 212 valence electrons. The van der Waals surface area contributed by atoms with Crippen LogP contribution in [0.4, 0.5) is 14.9 Å². The second kappa shape index (κ2) is 12.2. The fraction of sp³-hybridized carbons (Fsp3) is 0.207. The molecule has 3 amide bonds. The average molecular weight is 595 g/mol. The van der Waals surface area contributed by atoms with Crippen molar-refractivity contribution in [3.05, 3.63) is 101 Å². The number of benzene rings is 3. The van der Waals surface area contributed by atoms with Gasteiger partial charge < -0.3 is 10.2 Å². The number of amides is 3. The standard InChI is InChI=1S/C29H27FN4O5S2/c30-25-12-5-4-7-21(25)20-26-28(36)34(29(37)40-26)14-13-31-27(35)22-8-6-11-24(19-22)41(38,39)33-17-15-32(16-18-33)23-9-2-1-3-10-23/h1-12,19-20H,13-18H2,(H,31,35)/b26-20-. The molecule has 0 aromatic heterocycles. The molecule has 2 fully saturated rings. The number of halogens is 1. The minimum Gasteiger partial charge on any atom is -0.369 e. The Balaban J connectivity index is 1.17. The van der Waals surface area contributed by atoms with E-state index in [1.807, 2.05) is 30.3 Å². The summed E-state index contributed by atoms with van der Waals surface area (Å²) in [6, 6.07) is 21.5. The quantitative estimate of drug-likeness (QED) is 0.396. The van der Waals surface area contributed by atoms with Crippen LogP contribution in [0.1, 0.15) is 15.9 Å². The largest absolute Gasteiger partial charge is 0.369 e. The van der Waals surface area contributed by atoms with Gasteiger partial charge in [0.25, 0.3) is 17.1 Å². The van der Waals surface area contributed by atoms with Crippen molar-refractivity contribution < 1.29 is 27.2 Å². The Bertz CT molecular complexity index is 1610. The Morgan fingerprint density at radius 2 is 1.63 bits per heavy atom. The lowest BCUT2D eigenvalue weighted by molar-refractivity contribution is -0.122. The van der Waals surface area contributed by atoms with E-state index in [1.54, 1.807) is 6.07 Å². The second-order valence-corrected chi connectivity index (χ2v) is 12.3. The molecule has 0 spiro atoms. The molecular formula is C29H27FN4O5S2. The van der Waals surface area contributed by atoms with Crippen LogP contribution in [0.5, 0.6) is 0 Å². The van der Waals surface area contributed by atoms with Gasteiger partial charge >= 0.3 is 0 Å². The van der Waals surface area contributed by atoms with Gasteiger partial charge in [0, 0.05) is 56.1 Å². The highest BCUT2D eigenvalue weighted by atomic mass is 32.2. The van der Waals surface area contributed by atoms with Crippen LogP contribution in [0, 0.1) is 5.82 Å². The normalized spacial score (nSPS) is 17.3. The first kappa shape index (κ1) is 28.5. The Morgan fingerprint density at radius 1 is 0.927 bits per heavy atom. The lowest BCUT2D eigenvalue weighted by atomic mass is 10.2. The highest BCUT2D eigenvalue weighted by Gasteiger charge is 2.35. The predicted molar refractivity (Wildman–Crippen MR) is 155 cm³/mol. The molecule has 0 bridgehead atoms. The van der Waals surface area contributed by atoms with E-state index in [4.69, 9.17) is 0 Å². The van der Waals surface area contributed by atoms with Gasteiger partial charge in [-0.15, -0.1) is 0 Å². The molecule has 2 aliphatic rings. The first-order valence-electron chi connectivity index (χ1n) is 12.9. The van der Waals surface area contributed by atoms with Crippen molar-refractivity contribution in [1.29, 1.82) is 0 Å². The summed E-state index contributed by atoms with van der Waals surface area (Å²) in [7, 11) is -3.81. The molecule has 1 N–H and O–H groups in total. The minimum absolute atomic E-state index is 0.0162. The van der Waals surface area contributed by atoms with Gasteiger partial charge in [-0.2, -0.15) is 4.31 Å². The molecule has 5 rings (SSSR count). The summed E-state index contributed by atoms with van der Waals surface area (Å²) in [6.45, 7) is 1.60. The maximum Gasteiger partial charge on any atom is 0.293 e. The van der Waals surface area contributed by atoms with Crippen LogP contribution in [0.2, 0.25) is 0 Å². The zero-order chi connectivity index (χ0) is 29.0. The fourth-order valence-electron chi connectivity index (χ4n) is 4.58. The predicted octanol–water partition coefficient (Wildman–Crippen LogP) is 3.80. The number of imide groups is 1. The summed E-state index contributed by atoms with van der Waals surface area (Å²) < 4.78 is 42.0. The van der Waals surface area contributed by atoms with Crippen molar-refractivity contribution in [2.75, 3.05) is 44.2 Å². The van der Waals surface area contributed by atoms with E-state index in [9.17, 15) is 27.2 Å². The van der Waals surface area contributed by atoms with E-state index in [1.165, 1.54) is 52.8 Å². The van der Waals surface area contributed by atoms with Crippen molar-refractivity contribution in [1.82, 2.24) is 14.5 Å². The summed E-state index contributed by atoms with van der Waals surface area (Å²) in [5.74, 6) is -1.62. The third kappa shape index (κ3) is 6.34. The molecule has 2 heterocycles. The molecule has 3 aromatic rings. The highest BCUT2D eigenvalue weighted by molar-refractivity contribution is 8.18. The summed E-state index contributed by atoms with van der Waals surface area (Å²) in [6.07, 6.45) is 1.33. The maximum atomic E-state index is 14.0. The van der Waals surface area contributed by atoms with Crippen LogP contribution >= 0.6 is 11.8 Å². The summed E-state index contributed by atoms with van der Waals surface area (Å²) in [5, 5.41) is 2.11. The molecule has 0 atom stereocenters. The number of sulfonamides is 1. The van der Waals surface area contributed by atoms with Crippen LogP contribution in [-0.4, -0.2) is 73.9 Å². The summed E-state index contributed by atoms with van der Waals surface area (Å²) in [5.41, 5.74) is 1.37. The van der Waals surface area contributed by atoms with Crippen molar-refractivity contribution in [2.24, 2.45) is 0 Å². The van der Waals surface area contributed by atoms with E-state index in [2.05, 4.69) is 10.2 Å². The number of para-hydroxylation sites is 1. The molecule has 0 aliphatic carbocycles. The molecule has 0 radical (unpaired) electrons. The number of hydrogen-bond acceptors (Lipinski definition) is 7. The highest BCUT2D eigenvalue weighted by Crippen LogP contribution is 2.32. The van der Waals surface area contributed by atoms with Crippen molar-refractivity contribution in [2.45, 2.75) is 4.90 Å². The molecule has 9 nitrogen and oxygen atoms in total. The van der Waals surface area contributed by atoms with Crippen molar-refractivity contribution >= 4 is 50.6 Å². The van der Waals surface area contributed by atoms with E-state index in [0.717, 1.165) is 10.6 Å². The fourth-order valence-corrected chi connectivity index (χ4v) is 6.91. The monoisotopic (exact) mass is 594 g/mol. The van der Waals surface area contributed by atoms with Crippen molar-refractivity contribution in [3.8, 4) is 0 Å².